The summed E-state index contributed by atoms with van der Waals surface area (Å²) in [5.74, 6) is 2.31. The fraction of sp³-hybridized carbons (Fsp3) is 0.300. The smallest absolute Gasteiger partial charge is 0.211 e. The number of aromatic nitrogens is 5. The van der Waals surface area contributed by atoms with Gasteiger partial charge < -0.3 is 15.3 Å². The predicted octanol–water partition coefficient (Wildman–Crippen LogP) is 3.20. The zero-order chi connectivity index (χ0) is 20.0. The van der Waals surface area contributed by atoms with Gasteiger partial charge in [-0.2, -0.15) is 5.10 Å². The molecule has 9 heteroatoms. The minimum absolute atomic E-state index is 0.283. The van der Waals surface area contributed by atoms with E-state index in [-0.39, 0.29) is 6.10 Å². The number of hydrogen-bond donors (Lipinski definition) is 2. The molecule has 1 aliphatic rings. The largest absolute Gasteiger partial charge is 0.391 e. The third-order valence-corrected chi connectivity index (χ3v) is 6.05. The Bertz CT molecular complexity index is 1180. The van der Waals surface area contributed by atoms with E-state index in [1.54, 1.807) is 17.5 Å². The Morgan fingerprint density at radius 2 is 2.07 bits per heavy atom. The summed E-state index contributed by atoms with van der Waals surface area (Å²) in [5.41, 5.74) is 3.00. The van der Waals surface area contributed by atoms with Crippen molar-refractivity contribution in [3.05, 3.63) is 47.9 Å². The van der Waals surface area contributed by atoms with Crippen molar-refractivity contribution in [3.8, 4) is 5.13 Å². The van der Waals surface area contributed by atoms with Crippen LogP contribution in [0.15, 0.2) is 36.7 Å². The molecule has 0 amide bonds. The molecule has 0 unspecified atom stereocenters. The van der Waals surface area contributed by atoms with E-state index in [0.717, 1.165) is 51.2 Å². The Hall–Kier alpha value is -3.04. The molecule has 0 bridgehead atoms. The zero-order valence-electron chi connectivity index (χ0n) is 16.2. The summed E-state index contributed by atoms with van der Waals surface area (Å²) in [4.78, 5) is 16.1. The van der Waals surface area contributed by atoms with E-state index in [1.807, 2.05) is 49.0 Å². The maximum absolute atomic E-state index is 9.84. The number of thiazole rings is 1. The molecule has 4 aromatic rings. The quantitative estimate of drug-likeness (QED) is 0.537. The van der Waals surface area contributed by atoms with Crippen LogP contribution in [0.25, 0.3) is 15.3 Å². The molecular formula is C20H21N7OS. The third-order valence-electron chi connectivity index (χ3n) is 5.07. The molecule has 0 spiro atoms. The van der Waals surface area contributed by atoms with E-state index in [2.05, 4.69) is 20.3 Å². The predicted molar refractivity (Wildman–Crippen MR) is 114 cm³/mol. The van der Waals surface area contributed by atoms with Crippen LogP contribution in [0.4, 0.5) is 17.5 Å². The van der Waals surface area contributed by atoms with Gasteiger partial charge in [-0.1, -0.05) is 17.4 Å². The lowest BCUT2D eigenvalue weighted by molar-refractivity contribution is 0.198. The lowest BCUT2D eigenvalue weighted by Crippen LogP contribution is -2.23. The number of rotatable bonds is 4. The molecule has 0 radical (unpaired) electrons. The molecule has 5 rings (SSSR count). The molecule has 29 heavy (non-hydrogen) atoms. The van der Waals surface area contributed by atoms with Crippen LogP contribution < -0.4 is 10.2 Å². The minimum atomic E-state index is -0.283. The summed E-state index contributed by atoms with van der Waals surface area (Å²) in [6.07, 6.45) is 4.09. The van der Waals surface area contributed by atoms with Crippen LogP contribution in [0.1, 0.15) is 17.7 Å². The number of aliphatic hydroxyl groups excluding tert-OH is 1. The highest BCUT2D eigenvalue weighted by Gasteiger charge is 2.23. The second-order valence-corrected chi connectivity index (χ2v) is 8.28. The second kappa shape index (κ2) is 7.09. The van der Waals surface area contributed by atoms with Gasteiger partial charge in [0.05, 0.1) is 16.3 Å². The molecule has 0 aromatic carbocycles. The van der Waals surface area contributed by atoms with Gasteiger partial charge in [-0.3, -0.25) is 0 Å². The minimum Gasteiger partial charge on any atom is -0.391 e. The fourth-order valence-electron chi connectivity index (χ4n) is 3.52. The number of nitrogens with one attached hydrogen (secondary N) is 1. The Balaban J connectivity index is 1.42. The van der Waals surface area contributed by atoms with Crippen LogP contribution in [0, 0.1) is 13.8 Å². The number of fused-ring (bicyclic) bond motifs is 1. The van der Waals surface area contributed by atoms with Crippen molar-refractivity contribution in [2.24, 2.45) is 0 Å². The monoisotopic (exact) mass is 407 g/mol. The highest BCUT2D eigenvalue weighted by molar-refractivity contribution is 7.20. The van der Waals surface area contributed by atoms with E-state index in [1.165, 1.54) is 0 Å². The van der Waals surface area contributed by atoms with Gasteiger partial charge in [-0.15, -0.1) is 0 Å². The average molecular weight is 408 g/mol. The van der Waals surface area contributed by atoms with Crippen molar-refractivity contribution in [1.82, 2.24) is 24.7 Å². The lowest BCUT2D eigenvalue weighted by Gasteiger charge is -2.20. The topological polar surface area (TPSA) is 92.0 Å². The van der Waals surface area contributed by atoms with Gasteiger partial charge in [0.1, 0.15) is 17.5 Å². The van der Waals surface area contributed by atoms with Crippen LogP contribution in [0.2, 0.25) is 0 Å². The first-order valence-electron chi connectivity index (χ1n) is 9.52. The lowest BCUT2D eigenvalue weighted by atomic mass is 10.2. The first-order valence-corrected chi connectivity index (χ1v) is 10.3. The molecule has 4 aromatic heterocycles. The van der Waals surface area contributed by atoms with Crippen molar-refractivity contribution in [3.63, 3.8) is 0 Å². The summed E-state index contributed by atoms with van der Waals surface area (Å²) in [6, 6.07) is 7.86. The second-order valence-electron chi connectivity index (χ2n) is 7.27. The van der Waals surface area contributed by atoms with Gasteiger partial charge in [0.25, 0.3) is 0 Å². The van der Waals surface area contributed by atoms with E-state index in [4.69, 9.17) is 9.97 Å². The Morgan fingerprint density at radius 1 is 1.17 bits per heavy atom. The van der Waals surface area contributed by atoms with E-state index in [0.29, 0.717) is 12.4 Å². The molecule has 0 aliphatic carbocycles. The summed E-state index contributed by atoms with van der Waals surface area (Å²) in [7, 11) is 0. The maximum Gasteiger partial charge on any atom is 0.211 e. The molecule has 148 valence electrons. The van der Waals surface area contributed by atoms with Gasteiger partial charge in [-0.25, -0.2) is 19.6 Å². The molecule has 0 saturated carbocycles. The average Bonchev–Trinajstić information content (AvgIpc) is 3.42. The summed E-state index contributed by atoms with van der Waals surface area (Å²) in [6.45, 7) is 5.48. The van der Waals surface area contributed by atoms with E-state index >= 15 is 0 Å². The van der Waals surface area contributed by atoms with Crippen LogP contribution in [-0.2, 0) is 0 Å². The first-order chi connectivity index (χ1) is 14.1. The van der Waals surface area contributed by atoms with Gasteiger partial charge in [0, 0.05) is 37.2 Å². The molecule has 1 aliphatic heterocycles. The van der Waals surface area contributed by atoms with Crippen LogP contribution in [0.5, 0.6) is 0 Å². The number of aliphatic hydroxyl groups is 1. The van der Waals surface area contributed by atoms with E-state index < -0.39 is 0 Å². The van der Waals surface area contributed by atoms with Gasteiger partial charge in [-0.05, 0) is 38.0 Å². The SMILES string of the molecule is Cc1ccc(Nc2cc3nc(-n4nccc4C)sc3cn2)nc1N1CC[C@H](O)C1. The van der Waals surface area contributed by atoms with Crippen molar-refractivity contribution >= 4 is 39.0 Å². The first kappa shape index (κ1) is 18.0. The molecule has 2 N–H and O–H groups in total. The third kappa shape index (κ3) is 3.43. The van der Waals surface area contributed by atoms with Gasteiger partial charge in [0.2, 0.25) is 5.13 Å². The summed E-state index contributed by atoms with van der Waals surface area (Å²) >= 11 is 1.56. The number of β-amino-alcohol motifs (C(OH)–C–C–N with tert-alkyl or cyclic N) is 1. The number of anilines is 3. The van der Waals surface area contributed by atoms with Crippen molar-refractivity contribution in [1.29, 1.82) is 0 Å². The van der Waals surface area contributed by atoms with Crippen molar-refractivity contribution in [2.45, 2.75) is 26.4 Å². The summed E-state index contributed by atoms with van der Waals surface area (Å²) < 4.78 is 2.83. The number of nitrogens with zero attached hydrogens (tertiary/aromatic N) is 6. The molecular weight excluding hydrogens is 386 g/mol. The zero-order valence-corrected chi connectivity index (χ0v) is 17.0. The fourth-order valence-corrected chi connectivity index (χ4v) is 4.46. The molecule has 5 heterocycles. The highest BCUT2D eigenvalue weighted by atomic mass is 32.1. The van der Waals surface area contributed by atoms with Crippen LogP contribution in [0.3, 0.4) is 0 Å². The van der Waals surface area contributed by atoms with Gasteiger partial charge >= 0.3 is 0 Å². The molecule has 1 saturated heterocycles. The van der Waals surface area contributed by atoms with Crippen molar-refractivity contribution in [2.75, 3.05) is 23.3 Å². The number of hydrogen-bond acceptors (Lipinski definition) is 8. The molecule has 1 fully saturated rings. The van der Waals surface area contributed by atoms with Crippen LogP contribution in [-0.4, -0.2) is 49.0 Å². The standard InChI is InChI=1S/C20H21N7OS/c1-12-3-4-17(25-19(12)26-8-6-14(28)11-26)24-18-9-15-16(10-21-18)29-20(23-15)27-13(2)5-7-22-27/h3-5,7,9-10,14,28H,6,8,11H2,1-2H3,(H,21,24,25)/t14-/m0/s1. The Labute approximate surface area is 171 Å². The number of pyridine rings is 2. The van der Waals surface area contributed by atoms with Gasteiger partial charge in [0.15, 0.2) is 0 Å². The Kier molecular flexibility index (Phi) is 4.40. The highest BCUT2D eigenvalue weighted by Crippen LogP contribution is 2.28. The Morgan fingerprint density at radius 3 is 2.83 bits per heavy atom. The van der Waals surface area contributed by atoms with Crippen LogP contribution >= 0.6 is 11.3 Å². The van der Waals surface area contributed by atoms with E-state index in [9.17, 15) is 5.11 Å². The molecule has 1 atom stereocenters. The molecule has 8 nitrogen and oxygen atoms in total. The maximum atomic E-state index is 9.84. The summed E-state index contributed by atoms with van der Waals surface area (Å²) in [5, 5.41) is 18.3. The van der Waals surface area contributed by atoms with Crippen molar-refractivity contribution < 1.29 is 5.11 Å². The normalized spacial score (nSPS) is 16.7. The number of aryl methyl sites for hydroxylation is 2.